The van der Waals surface area contributed by atoms with Gasteiger partial charge in [0.05, 0.1) is 6.07 Å². The largest absolute Gasteiger partial charge is 0.507 e. The summed E-state index contributed by atoms with van der Waals surface area (Å²) in [6.45, 7) is 6.47. The highest BCUT2D eigenvalue weighted by Crippen LogP contribution is 2.19. The van der Waals surface area contributed by atoms with E-state index in [1.165, 1.54) is 12.1 Å². The molecule has 1 aromatic rings. The van der Waals surface area contributed by atoms with Gasteiger partial charge in [-0.15, -0.1) is 0 Å². The summed E-state index contributed by atoms with van der Waals surface area (Å²) < 4.78 is 4.86. The van der Waals surface area contributed by atoms with Gasteiger partial charge in [-0.05, 0) is 37.5 Å². The minimum absolute atomic E-state index is 0.00898. The Bertz CT molecular complexity index is 619. The van der Waals surface area contributed by atoms with Crippen molar-refractivity contribution in [2.75, 3.05) is 6.61 Å². The van der Waals surface area contributed by atoms with Crippen LogP contribution in [-0.4, -0.2) is 29.1 Å². The fraction of sp³-hybridized carbons (Fsp3) is 0.438. The Balaban J connectivity index is 2.65. The second-order valence-electron chi connectivity index (χ2n) is 5.61. The van der Waals surface area contributed by atoms with Crippen molar-refractivity contribution in [2.45, 2.75) is 33.2 Å². The number of nitrogens with zero attached hydrogens (tertiary/aromatic N) is 1. The first-order valence-electron chi connectivity index (χ1n) is 6.88. The number of ether oxygens (including phenoxy) is 1. The van der Waals surface area contributed by atoms with Crippen LogP contribution in [0.1, 0.15) is 36.7 Å². The fourth-order valence-corrected chi connectivity index (χ4v) is 1.65. The van der Waals surface area contributed by atoms with E-state index in [1.54, 1.807) is 33.8 Å². The van der Waals surface area contributed by atoms with E-state index in [0.29, 0.717) is 0 Å². The van der Waals surface area contributed by atoms with Crippen molar-refractivity contribution in [1.29, 1.82) is 5.26 Å². The number of hydrogen-bond acceptors (Lipinski definition) is 5. The van der Waals surface area contributed by atoms with Gasteiger partial charge < -0.3 is 15.2 Å². The highest BCUT2D eigenvalue weighted by Gasteiger charge is 2.30. The molecule has 0 spiro atoms. The number of esters is 1. The van der Waals surface area contributed by atoms with E-state index in [9.17, 15) is 14.7 Å². The maximum Gasteiger partial charge on any atom is 0.342 e. The standard InChI is InChI=1S/C16H20N2O4/c1-10(2)16(4,9-17)18-14(20)8-22-15(21)12-6-5-11(3)7-13(12)19/h5-7,10,19H,8H2,1-4H3,(H,18,20)/t16-/m1/s1. The van der Waals surface area contributed by atoms with Crippen LogP contribution in [0.25, 0.3) is 0 Å². The predicted octanol–water partition coefficient (Wildman–Crippen LogP) is 1.91. The van der Waals surface area contributed by atoms with Crippen LogP contribution in [0.5, 0.6) is 5.75 Å². The van der Waals surface area contributed by atoms with Gasteiger partial charge >= 0.3 is 5.97 Å². The minimum atomic E-state index is -1.03. The molecule has 22 heavy (non-hydrogen) atoms. The van der Waals surface area contributed by atoms with Crippen molar-refractivity contribution in [1.82, 2.24) is 5.32 Å². The zero-order chi connectivity index (χ0) is 16.9. The molecule has 0 unspecified atom stereocenters. The molecule has 1 rings (SSSR count). The average molecular weight is 304 g/mol. The van der Waals surface area contributed by atoms with E-state index in [1.807, 2.05) is 6.07 Å². The van der Waals surface area contributed by atoms with Gasteiger partial charge in [-0.2, -0.15) is 5.26 Å². The summed E-state index contributed by atoms with van der Waals surface area (Å²) in [5.41, 5.74) is -0.242. The van der Waals surface area contributed by atoms with Crippen molar-refractivity contribution >= 4 is 11.9 Å². The third-order valence-electron chi connectivity index (χ3n) is 3.49. The predicted molar refractivity (Wildman–Crippen MR) is 80.1 cm³/mol. The van der Waals surface area contributed by atoms with Crippen LogP contribution >= 0.6 is 0 Å². The average Bonchev–Trinajstić information content (AvgIpc) is 2.44. The van der Waals surface area contributed by atoms with E-state index in [2.05, 4.69) is 5.32 Å². The van der Waals surface area contributed by atoms with Crippen LogP contribution < -0.4 is 5.32 Å². The normalized spacial score (nSPS) is 13.1. The molecule has 6 heteroatoms. The van der Waals surface area contributed by atoms with Crippen LogP contribution in [0.4, 0.5) is 0 Å². The number of aromatic hydroxyl groups is 1. The van der Waals surface area contributed by atoms with Gasteiger partial charge in [-0.25, -0.2) is 4.79 Å². The molecule has 0 aliphatic rings. The summed E-state index contributed by atoms with van der Waals surface area (Å²) in [6.07, 6.45) is 0. The maximum atomic E-state index is 11.8. The molecular weight excluding hydrogens is 284 g/mol. The Hall–Kier alpha value is -2.55. The van der Waals surface area contributed by atoms with Crippen LogP contribution in [0.3, 0.4) is 0 Å². The number of rotatable bonds is 5. The molecule has 0 saturated heterocycles. The van der Waals surface area contributed by atoms with E-state index >= 15 is 0 Å². The summed E-state index contributed by atoms with van der Waals surface area (Å²) >= 11 is 0. The van der Waals surface area contributed by atoms with Gasteiger partial charge in [0.15, 0.2) is 6.61 Å². The number of phenols is 1. The first-order valence-corrected chi connectivity index (χ1v) is 6.88. The molecule has 1 amide bonds. The maximum absolute atomic E-state index is 11.8. The topological polar surface area (TPSA) is 99.4 Å². The van der Waals surface area contributed by atoms with Gasteiger partial charge in [-0.3, -0.25) is 4.79 Å². The number of amides is 1. The highest BCUT2D eigenvalue weighted by atomic mass is 16.5. The van der Waals surface area contributed by atoms with Crippen molar-refractivity contribution in [3.63, 3.8) is 0 Å². The third kappa shape index (κ3) is 4.22. The molecule has 0 aliphatic carbocycles. The first kappa shape index (κ1) is 17.5. The van der Waals surface area contributed by atoms with E-state index in [-0.39, 0.29) is 17.2 Å². The van der Waals surface area contributed by atoms with Gasteiger partial charge in [0.25, 0.3) is 5.91 Å². The van der Waals surface area contributed by atoms with Gasteiger partial charge in [-0.1, -0.05) is 19.9 Å². The summed E-state index contributed by atoms with van der Waals surface area (Å²) in [5, 5.41) is 21.3. The molecule has 6 nitrogen and oxygen atoms in total. The quantitative estimate of drug-likeness (QED) is 0.809. The lowest BCUT2D eigenvalue weighted by molar-refractivity contribution is -0.125. The molecule has 0 radical (unpaired) electrons. The van der Waals surface area contributed by atoms with Crippen molar-refractivity contribution in [3.05, 3.63) is 29.3 Å². The van der Waals surface area contributed by atoms with E-state index in [4.69, 9.17) is 10.00 Å². The molecule has 0 aromatic heterocycles. The zero-order valence-electron chi connectivity index (χ0n) is 13.1. The highest BCUT2D eigenvalue weighted by molar-refractivity contribution is 5.94. The van der Waals surface area contributed by atoms with Crippen molar-refractivity contribution in [2.24, 2.45) is 5.92 Å². The molecule has 1 atom stereocenters. The Morgan fingerprint density at radius 2 is 2.09 bits per heavy atom. The molecule has 0 fully saturated rings. The Labute approximate surface area is 129 Å². The van der Waals surface area contributed by atoms with Crippen LogP contribution in [-0.2, 0) is 9.53 Å². The fourth-order valence-electron chi connectivity index (χ4n) is 1.65. The number of benzene rings is 1. The molecule has 0 saturated carbocycles. The van der Waals surface area contributed by atoms with E-state index < -0.39 is 24.0 Å². The number of aryl methyl sites for hydroxylation is 1. The summed E-state index contributed by atoms with van der Waals surface area (Å²) in [7, 11) is 0. The smallest absolute Gasteiger partial charge is 0.342 e. The SMILES string of the molecule is Cc1ccc(C(=O)OCC(=O)N[C@](C)(C#N)C(C)C)c(O)c1. The van der Waals surface area contributed by atoms with Gasteiger partial charge in [0, 0.05) is 0 Å². The van der Waals surface area contributed by atoms with E-state index in [0.717, 1.165) is 5.56 Å². The Morgan fingerprint density at radius 1 is 1.45 bits per heavy atom. The lowest BCUT2D eigenvalue weighted by atomic mass is 9.90. The van der Waals surface area contributed by atoms with Crippen LogP contribution in [0.2, 0.25) is 0 Å². The summed E-state index contributed by atoms with van der Waals surface area (Å²) in [5.74, 6) is -1.67. The van der Waals surface area contributed by atoms with Gasteiger partial charge in [0.2, 0.25) is 0 Å². The van der Waals surface area contributed by atoms with Crippen molar-refractivity contribution in [3.8, 4) is 11.8 Å². The Morgan fingerprint density at radius 3 is 2.59 bits per heavy atom. The Kier molecular flexibility index (Phi) is 5.52. The van der Waals surface area contributed by atoms with Gasteiger partial charge in [0.1, 0.15) is 16.9 Å². The van der Waals surface area contributed by atoms with Crippen LogP contribution in [0, 0.1) is 24.2 Å². The molecule has 0 aliphatic heterocycles. The second kappa shape index (κ2) is 6.94. The lowest BCUT2D eigenvalue weighted by Gasteiger charge is -2.27. The molecule has 0 heterocycles. The zero-order valence-corrected chi connectivity index (χ0v) is 13.1. The number of carbonyl (C=O) groups excluding carboxylic acids is 2. The number of nitriles is 1. The molecule has 118 valence electrons. The molecule has 2 N–H and O–H groups in total. The number of carbonyl (C=O) groups is 2. The number of phenolic OH excluding ortho intramolecular Hbond substituents is 1. The molecular formula is C16H20N2O4. The second-order valence-corrected chi connectivity index (χ2v) is 5.61. The number of hydrogen-bond donors (Lipinski definition) is 2. The van der Waals surface area contributed by atoms with Crippen LogP contribution in [0.15, 0.2) is 18.2 Å². The lowest BCUT2D eigenvalue weighted by Crippen LogP contribution is -2.50. The van der Waals surface area contributed by atoms with Crippen molar-refractivity contribution < 1.29 is 19.4 Å². The molecule has 1 aromatic carbocycles. The minimum Gasteiger partial charge on any atom is -0.507 e. The third-order valence-corrected chi connectivity index (χ3v) is 3.49. The summed E-state index contributed by atoms with van der Waals surface area (Å²) in [4.78, 5) is 23.6. The number of nitrogens with one attached hydrogen (secondary N) is 1. The summed E-state index contributed by atoms with van der Waals surface area (Å²) in [6, 6.07) is 6.55. The first-order chi connectivity index (χ1) is 10.2. The molecule has 0 bridgehead atoms. The monoisotopic (exact) mass is 304 g/mol.